The Labute approximate surface area is 139 Å². The fourth-order valence-electron chi connectivity index (χ4n) is 2.81. The van der Waals surface area contributed by atoms with Crippen molar-refractivity contribution in [1.29, 1.82) is 0 Å². The van der Waals surface area contributed by atoms with Crippen molar-refractivity contribution >= 4 is 22.2 Å². The first-order chi connectivity index (χ1) is 11.1. The van der Waals surface area contributed by atoms with Crippen LogP contribution < -0.4 is 5.56 Å². The van der Waals surface area contributed by atoms with Crippen LogP contribution in [0.2, 0.25) is 0 Å². The van der Waals surface area contributed by atoms with E-state index in [1.54, 1.807) is 16.7 Å². The van der Waals surface area contributed by atoms with E-state index < -0.39 is 0 Å². The van der Waals surface area contributed by atoms with Gasteiger partial charge in [-0.25, -0.2) is 4.98 Å². The first kappa shape index (κ1) is 16.1. The van der Waals surface area contributed by atoms with E-state index in [0.29, 0.717) is 6.54 Å². The minimum absolute atomic E-state index is 0.0307. The topological polar surface area (TPSA) is 57.9 Å². The molecule has 1 atom stereocenters. The quantitative estimate of drug-likeness (QED) is 0.849. The lowest BCUT2D eigenvalue weighted by Gasteiger charge is -2.35. The Morgan fingerprint density at radius 1 is 1.35 bits per heavy atom. The molecule has 3 rings (SSSR count). The molecule has 0 unspecified atom stereocenters. The third kappa shape index (κ3) is 3.45. The van der Waals surface area contributed by atoms with Gasteiger partial charge in [0.15, 0.2) is 4.96 Å². The summed E-state index contributed by atoms with van der Waals surface area (Å²) in [5.74, 6) is 0.355. The molecule has 0 aromatic carbocycles. The Balaban J connectivity index is 1.62. The predicted molar refractivity (Wildman–Crippen MR) is 90.7 cm³/mol. The Morgan fingerprint density at radius 3 is 2.78 bits per heavy atom. The van der Waals surface area contributed by atoms with Gasteiger partial charge in [0.25, 0.3) is 5.56 Å². The Bertz CT molecular complexity index is 746. The molecule has 1 saturated heterocycles. The van der Waals surface area contributed by atoms with E-state index in [1.807, 2.05) is 24.1 Å². The van der Waals surface area contributed by atoms with Gasteiger partial charge in [-0.3, -0.25) is 18.9 Å². The lowest BCUT2D eigenvalue weighted by atomic mass is 10.1. The highest BCUT2D eigenvalue weighted by Gasteiger charge is 2.24. The van der Waals surface area contributed by atoms with Crippen molar-refractivity contribution in [2.24, 2.45) is 5.92 Å². The van der Waals surface area contributed by atoms with Crippen LogP contribution in [0, 0.1) is 5.92 Å². The van der Waals surface area contributed by atoms with Crippen LogP contribution in [0.5, 0.6) is 0 Å². The molecule has 124 valence electrons. The van der Waals surface area contributed by atoms with E-state index in [9.17, 15) is 9.59 Å². The molecule has 0 N–H and O–H groups in total. The molecule has 6 nitrogen and oxygen atoms in total. The summed E-state index contributed by atoms with van der Waals surface area (Å²) in [4.78, 5) is 33.7. The minimum atomic E-state index is -0.0307. The molecule has 1 amide bonds. The van der Waals surface area contributed by atoms with E-state index in [4.69, 9.17) is 0 Å². The van der Waals surface area contributed by atoms with Gasteiger partial charge in [0.1, 0.15) is 0 Å². The summed E-state index contributed by atoms with van der Waals surface area (Å²) >= 11 is 1.47. The summed E-state index contributed by atoms with van der Waals surface area (Å²) in [6.07, 6.45) is 2.63. The van der Waals surface area contributed by atoms with E-state index in [-0.39, 0.29) is 17.4 Å². The van der Waals surface area contributed by atoms with Gasteiger partial charge in [-0.1, -0.05) is 13.8 Å². The molecule has 1 aliphatic rings. The summed E-state index contributed by atoms with van der Waals surface area (Å²) in [5.41, 5.74) is 0.774. The highest BCUT2D eigenvalue weighted by atomic mass is 32.1. The standard InChI is InChI=1S/C16H22N4O2S/c1-3-12(2)15(22)19-6-4-18(5-7-19)11-13-10-14(21)20-8-9-23-16(20)17-13/h8-10,12H,3-7,11H2,1-2H3/t12-/m1/s1. The van der Waals surface area contributed by atoms with Crippen LogP contribution in [0.15, 0.2) is 22.4 Å². The molecule has 23 heavy (non-hydrogen) atoms. The van der Waals surface area contributed by atoms with Gasteiger partial charge < -0.3 is 4.90 Å². The molecule has 2 aromatic rings. The van der Waals surface area contributed by atoms with Crippen molar-refractivity contribution in [1.82, 2.24) is 19.2 Å². The maximum absolute atomic E-state index is 12.2. The number of fused-ring (bicyclic) bond motifs is 1. The second kappa shape index (κ2) is 6.80. The van der Waals surface area contributed by atoms with Gasteiger partial charge in [0.2, 0.25) is 5.91 Å². The second-order valence-corrected chi connectivity index (χ2v) is 6.93. The average Bonchev–Trinajstić information content (AvgIpc) is 3.03. The van der Waals surface area contributed by atoms with E-state index in [1.165, 1.54) is 11.3 Å². The molecule has 7 heteroatoms. The zero-order valence-corrected chi connectivity index (χ0v) is 14.4. The molecule has 3 heterocycles. The monoisotopic (exact) mass is 334 g/mol. The van der Waals surface area contributed by atoms with Crippen molar-refractivity contribution in [3.05, 3.63) is 33.7 Å². The molecule has 0 saturated carbocycles. The first-order valence-corrected chi connectivity index (χ1v) is 8.93. The lowest BCUT2D eigenvalue weighted by Crippen LogP contribution is -2.49. The van der Waals surface area contributed by atoms with Crippen molar-refractivity contribution < 1.29 is 4.79 Å². The van der Waals surface area contributed by atoms with Crippen molar-refractivity contribution in [3.63, 3.8) is 0 Å². The number of amides is 1. The fourth-order valence-corrected chi connectivity index (χ4v) is 3.55. The third-order valence-electron chi connectivity index (χ3n) is 4.46. The van der Waals surface area contributed by atoms with Crippen LogP contribution in [-0.4, -0.2) is 51.3 Å². The van der Waals surface area contributed by atoms with Gasteiger partial charge >= 0.3 is 0 Å². The van der Waals surface area contributed by atoms with Crippen molar-refractivity contribution in [2.45, 2.75) is 26.8 Å². The third-order valence-corrected chi connectivity index (χ3v) is 5.22. The summed E-state index contributed by atoms with van der Waals surface area (Å²) < 4.78 is 1.57. The van der Waals surface area contributed by atoms with Crippen LogP contribution >= 0.6 is 11.3 Å². The Kier molecular flexibility index (Phi) is 4.77. The van der Waals surface area contributed by atoms with Crippen LogP contribution in [0.1, 0.15) is 26.0 Å². The maximum atomic E-state index is 12.2. The molecule has 0 bridgehead atoms. The van der Waals surface area contributed by atoms with Crippen LogP contribution in [0.25, 0.3) is 4.96 Å². The molecule has 0 aliphatic carbocycles. The van der Waals surface area contributed by atoms with Gasteiger partial charge in [-0.15, -0.1) is 11.3 Å². The maximum Gasteiger partial charge on any atom is 0.258 e. The molecule has 1 aliphatic heterocycles. The summed E-state index contributed by atoms with van der Waals surface area (Å²) in [7, 11) is 0. The number of hydrogen-bond acceptors (Lipinski definition) is 5. The molecular formula is C16H22N4O2S. The number of carbonyl (C=O) groups is 1. The number of carbonyl (C=O) groups excluding carboxylic acids is 1. The van der Waals surface area contributed by atoms with E-state index in [0.717, 1.165) is 43.3 Å². The minimum Gasteiger partial charge on any atom is -0.340 e. The predicted octanol–water partition coefficient (Wildman–Crippen LogP) is 1.45. The zero-order valence-electron chi connectivity index (χ0n) is 13.6. The van der Waals surface area contributed by atoms with Gasteiger partial charge in [-0.2, -0.15) is 0 Å². The van der Waals surface area contributed by atoms with Gasteiger partial charge in [-0.05, 0) is 6.42 Å². The smallest absolute Gasteiger partial charge is 0.258 e. The highest BCUT2D eigenvalue weighted by molar-refractivity contribution is 7.15. The Hall–Kier alpha value is -1.73. The number of hydrogen-bond donors (Lipinski definition) is 0. The first-order valence-electron chi connectivity index (χ1n) is 8.05. The Morgan fingerprint density at radius 2 is 2.09 bits per heavy atom. The normalized spacial score (nSPS) is 17.6. The van der Waals surface area contributed by atoms with Crippen molar-refractivity contribution in [3.8, 4) is 0 Å². The van der Waals surface area contributed by atoms with Crippen LogP contribution in [0.4, 0.5) is 0 Å². The average molecular weight is 334 g/mol. The number of nitrogens with zero attached hydrogens (tertiary/aromatic N) is 4. The second-order valence-electron chi connectivity index (χ2n) is 6.05. The zero-order chi connectivity index (χ0) is 16.4. The molecule has 0 radical (unpaired) electrons. The SMILES string of the molecule is CC[C@@H](C)C(=O)N1CCN(Cc2cc(=O)n3ccsc3n2)CC1. The summed E-state index contributed by atoms with van der Waals surface area (Å²) in [6, 6.07) is 1.61. The number of aromatic nitrogens is 2. The molecule has 0 spiro atoms. The van der Waals surface area contributed by atoms with Crippen LogP contribution in [0.3, 0.4) is 0 Å². The summed E-state index contributed by atoms with van der Waals surface area (Å²) in [6.45, 7) is 7.86. The number of thiazole rings is 1. The van der Waals surface area contributed by atoms with Crippen LogP contribution in [-0.2, 0) is 11.3 Å². The van der Waals surface area contributed by atoms with Crippen molar-refractivity contribution in [2.75, 3.05) is 26.2 Å². The molecule has 1 fully saturated rings. The largest absolute Gasteiger partial charge is 0.340 e. The number of piperazine rings is 1. The summed E-state index contributed by atoms with van der Waals surface area (Å²) in [5, 5.41) is 1.87. The van der Waals surface area contributed by atoms with Gasteiger partial charge in [0, 0.05) is 56.3 Å². The molecule has 2 aromatic heterocycles. The molecular weight excluding hydrogens is 312 g/mol. The van der Waals surface area contributed by atoms with E-state index in [2.05, 4.69) is 9.88 Å². The fraction of sp³-hybridized carbons (Fsp3) is 0.562. The van der Waals surface area contributed by atoms with E-state index >= 15 is 0 Å². The number of rotatable bonds is 4. The van der Waals surface area contributed by atoms with Gasteiger partial charge in [0.05, 0.1) is 5.69 Å². The lowest BCUT2D eigenvalue weighted by molar-refractivity contribution is -0.136. The highest BCUT2D eigenvalue weighted by Crippen LogP contribution is 2.12.